The van der Waals surface area contributed by atoms with E-state index in [-0.39, 0.29) is 5.56 Å². The highest BCUT2D eigenvalue weighted by atomic mass is 79.9. The predicted molar refractivity (Wildman–Crippen MR) is 94.2 cm³/mol. The molecule has 21 heavy (non-hydrogen) atoms. The normalized spacial score (nSPS) is 22.0. The Hall–Kier alpha value is -0.490. The Morgan fingerprint density at radius 3 is 2.95 bits per heavy atom. The first-order valence-corrected chi connectivity index (χ1v) is 9.50. The van der Waals surface area contributed by atoms with Gasteiger partial charge in [-0.2, -0.15) is 16.9 Å². The molecule has 1 aromatic rings. The second kappa shape index (κ2) is 7.68. The number of rotatable bonds is 6. The third kappa shape index (κ3) is 4.25. The molecule has 2 rings (SSSR count). The van der Waals surface area contributed by atoms with Gasteiger partial charge >= 0.3 is 0 Å². The fourth-order valence-corrected chi connectivity index (χ4v) is 4.37. The van der Waals surface area contributed by atoms with Crippen LogP contribution in [-0.4, -0.2) is 26.8 Å². The first-order chi connectivity index (χ1) is 10.0. The zero-order valence-corrected chi connectivity index (χ0v) is 15.3. The fraction of sp³-hybridized carbons (Fsp3) is 0.733. The molecule has 1 aliphatic carbocycles. The summed E-state index contributed by atoms with van der Waals surface area (Å²) < 4.78 is 2.14. The Balaban J connectivity index is 2.14. The van der Waals surface area contributed by atoms with Crippen LogP contribution in [0.2, 0.25) is 0 Å². The SMILES string of the molecule is CCSC1CCCC1Nc1cnn(CC(C)C)c(=O)c1Br. The van der Waals surface area contributed by atoms with Crippen LogP contribution in [0, 0.1) is 5.92 Å². The highest BCUT2D eigenvalue weighted by Crippen LogP contribution is 2.32. The summed E-state index contributed by atoms with van der Waals surface area (Å²) in [4.78, 5) is 12.3. The van der Waals surface area contributed by atoms with E-state index in [2.05, 4.69) is 47.1 Å². The Bertz CT molecular complexity index is 532. The van der Waals surface area contributed by atoms with Crippen LogP contribution in [-0.2, 0) is 6.54 Å². The van der Waals surface area contributed by atoms with Crippen molar-refractivity contribution in [1.29, 1.82) is 0 Å². The standard InChI is InChI=1S/C15H24BrN3OS/c1-4-21-13-7-5-6-11(13)18-12-8-17-19(9-10(2)3)15(20)14(12)16/h8,10-11,13,18H,4-7,9H2,1-3H3. The Morgan fingerprint density at radius 1 is 1.52 bits per heavy atom. The fourth-order valence-electron chi connectivity index (χ4n) is 2.75. The van der Waals surface area contributed by atoms with Gasteiger partial charge < -0.3 is 5.32 Å². The van der Waals surface area contributed by atoms with Gasteiger partial charge in [0.1, 0.15) is 4.47 Å². The molecule has 0 aromatic carbocycles. The Kier molecular flexibility index (Phi) is 6.17. The summed E-state index contributed by atoms with van der Waals surface area (Å²) in [7, 11) is 0. The number of nitrogens with zero attached hydrogens (tertiary/aromatic N) is 2. The third-order valence-electron chi connectivity index (χ3n) is 3.70. The van der Waals surface area contributed by atoms with E-state index in [0.29, 0.717) is 28.2 Å². The zero-order chi connectivity index (χ0) is 15.4. The van der Waals surface area contributed by atoms with Gasteiger partial charge in [-0.05, 0) is 40.4 Å². The van der Waals surface area contributed by atoms with Crippen LogP contribution in [0.3, 0.4) is 0 Å². The maximum atomic E-state index is 12.3. The van der Waals surface area contributed by atoms with Crippen LogP contribution in [0.25, 0.3) is 0 Å². The summed E-state index contributed by atoms with van der Waals surface area (Å²) in [6.07, 6.45) is 5.45. The predicted octanol–water partition coefficient (Wildman–Crippen LogP) is 3.75. The molecule has 2 unspecified atom stereocenters. The van der Waals surface area contributed by atoms with E-state index in [1.54, 1.807) is 6.20 Å². The highest BCUT2D eigenvalue weighted by Gasteiger charge is 2.27. The number of anilines is 1. The lowest BCUT2D eigenvalue weighted by atomic mass is 10.2. The maximum Gasteiger partial charge on any atom is 0.283 e. The van der Waals surface area contributed by atoms with Crippen molar-refractivity contribution < 1.29 is 0 Å². The second-order valence-corrected chi connectivity index (χ2v) is 8.24. The van der Waals surface area contributed by atoms with Crippen LogP contribution >= 0.6 is 27.7 Å². The number of halogens is 1. The molecule has 1 N–H and O–H groups in total. The molecular weight excluding hydrogens is 350 g/mol. The molecule has 1 aliphatic rings. The smallest absolute Gasteiger partial charge is 0.283 e. The van der Waals surface area contributed by atoms with Gasteiger partial charge in [-0.3, -0.25) is 4.79 Å². The minimum absolute atomic E-state index is 0.0496. The van der Waals surface area contributed by atoms with Crippen molar-refractivity contribution >= 4 is 33.4 Å². The van der Waals surface area contributed by atoms with Gasteiger partial charge in [0.25, 0.3) is 5.56 Å². The molecule has 0 amide bonds. The molecule has 6 heteroatoms. The van der Waals surface area contributed by atoms with Crippen molar-refractivity contribution in [3.8, 4) is 0 Å². The van der Waals surface area contributed by atoms with E-state index in [1.165, 1.54) is 23.9 Å². The summed E-state index contributed by atoms with van der Waals surface area (Å²) in [6.45, 7) is 7.01. The number of thioether (sulfide) groups is 1. The van der Waals surface area contributed by atoms with Gasteiger partial charge in [0.15, 0.2) is 0 Å². The maximum absolute atomic E-state index is 12.3. The van der Waals surface area contributed by atoms with Gasteiger partial charge in [0.05, 0.1) is 11.9 Å². The van der Waals surface area contributed by atoms with Gasteiger partial charge in [0, 0.05) is 17.8 Å². The third-order valence-corrected chi connectivity index (χ3v) is 5.79. The molecule has 0 radical (unpaired) electrons. The average molecular weight is 374 g/mol. The average Bonchev–Trinajstić information content (AvgIpc) is 2.86. The minimum Gasteiger partial charge on any atom is -0.379 e. The first kappa shape index (κ1) is 16.9. The van der Waals surface area contributed by atoms with E-state index in [1.807, 2.05) is 11.8 Å². The van der Waals surface area contributed by atoms with Crippen LogP contribution < -0.4 is 10.9 Å². The highest BCUT2D eigenvalue weighted by molar-refractivity contribution is 9.10. The molecule has 1 fully saturated rings. The topological polar surface area (TPSA) is 46.9 Å². The van der Waals surface area contributed by atoms with Crippen molar-refractivity contribution in [3.63, 3.8) is 0 Å². The van der Waals surface area contributed by atoms with E-state index < -0.39 is 0 Å². The van der Waals surface area contributed by atoms with E-state index in [0.717, 1.165) is 11.4 Å². The lowest BCUT2D eigenvalue weighted by Gasteiger charge is -2.22. The monoisotopic (exact) mass is 373 g/mol. The van der Waals surface area contributed by atoms with Gasteiger partial charge in [-0.25, -0.2) is 4.68 Å². The van der Waals surface area contributed by atoms with Crippen LogP contribution in [0.1, 0.15) is 40.0 Å². The molecule has 118 valence electrons. The molecule has 0 bridgehead atoms. The lowest BCUT2D eigenvalue weighted by Crippen LogP contribution is -2.30. The molecule has 0 spiro atoms. The van der Waals surface area contributed by atoms with Crippen molar-refractivity contribution in [2.75, 3.05) is 11.1 Å². The molecule has 1 aromatic heterocycles. The van der Waals surface area contributed by atoms with Crippen LogP contribution in [0.15, 0.2) is 15.5 Å². The largest absolute Gasteiger partial charge is 0.379 e. The number of aromatic nitrogens is 2. The van der Waals surface area contributed by atoms with Crippen molar-refractivity contribution in [2.24, 2.45) is 5.92 Å². The quantitative estimate of drug-likeness (QED) is 0.824. The molecular formula is C15H24BrN3OS. The molecule has 0 aliphatic heterocycles. The van der Waals surface area contributed by atoms with Gasteiger partial charge in [-0.1, -0.05) is 27.2 Å². The lowest BCUT2D eigenvalue weighted by molar-refractivity contribution is 0.462. The van der Waals surface area contributed by atoms with Gasteiger partial charge in [0.2, 0.25) is 0 Å². The molecule has 1 heterocycles. The summed E-state index contributed by atoms with van der Waals surface area (Å²) in [5.74, 6) is 1.54. The first-order valence-electron chi connectivity index (χ1n) is 7.66. The Morgan fingerprint density at radius 2 is 2.29 bits per heavy atom. The number of nitrogens with one attached hydrogen (secondary N) is 1. The number of hydrogen-bond donors (Lipinski definition) is 1. The van der Waals surface area contributed by atoms with Crippen molar-refractivity contribution in [1.82, 2.24) is 9.78 Å². The molecule has 2 atom stereocenters. The van der Waals surface area contributed by atoms with Crippen LogP contribution in [0.4, 0.5) is 5.69 Å². The summed E-state index contributed by atoms with van der Waals surface area (Å²) in [5, 5.41) is 8.46. The van der Waals surface area contributed by atoms with Crippen molar-refractivity contribution in [3.05, 3.63) is 21.0 Å². The zero-order valence-electron chi connectivity index (χ0n) is 12.9. The summed E-state index contributed by atoms with van der Waals surface area (Å²) in [5.41, 5.74) is 0.778. The number of hydrogen-bond acceptors (Lipinski definition) is 4. The van der Waals surface area contributed by atoms with E-state index >= 15 is 0 Å². The minimum atomic E-state index is -0.0496. The molecule has 0 saturated heterocycles. The summed E-state index contributed by atoms with van der Waals surface area (Å²) >= 11 is 5.45. The van der Waals surface area contributed by atoms with Crippen LogP contribution in [0.5, 0.6) is 0 Å². The summed E-state index contributed by atoms with van der Waals surface area (Å²) in [6, 6.07) is 0.438. The molecule has 1 saturated carbocycles. The molecule has 4 nitrogen and oxygen atoms in total. The Labute approximate surface area is 139 Å². The van der Waals surface area contributed by atoms with E-state index in [9.17, 15) is 4.79 Å². The van der Waals surface area contributed by atoms with Crippen molar-refractivity contribution in [2.45, 2.75) is 57.9 Å². The van der Waals surface area contributed by atoms with E-state index in [4.69, 9.17) is 0 Å². The van der Waals surface area contributed by atoms with Gasteiger partial charge in [-0.15, -0.1) is 0 Å². The second-order valence-electron chi connectivity index (χ2n) is 5.93.